The highest BCUT2D eigenvalue weighted by Crippen LogP contribution is 2.19. The van der Waals surface area contributed by atoms with Crippen molar-refractivity contribution in [2.45, 2.75) is 39.8 Å². The molecule has 0 aliphatic heterocycles. The summed E-state index contributed by atoms with van der Waals surface area (Å²) in [5, 5.41) is 11.8. The zero-order valence-electron chi connectivity index (χ0n) is 18.6. The van der Waals surface area contributed by atoms with Crippen molar-refractivity contribution in [2.75, 3.05) is 6.61 Å². The van der Waals surface area contributed by atoms with Crippen molar-refractivity contribution in [3.8, 4) is 11.6 Å². The third-order valence-electron chi connectivity index (χ3n) is 5.14. The second-order valence-corrected chi connectivity index (χ2v) is 7.64. The zero-order chi connectivity index (χ0) is 24.1. The number of hydrogen-bond donors (Lipinski definition) is 2. The Balaban J connectivity index is 1.93. The molecule has 0 aliphatic carbocycles. The molecule has 1 heterocycles. The van der Waals surface area contributed by atoms with Crippen LogP contribution in [0.4, 0.5) is 8.78 Å². The molecule has 0 fully saturated rings. The Kier molecular flexibility index (Phi) is 7.55. The van der Waals surface area contributed by atoms with E-state index >= 15 is 0 Å². The molecule has 0 radical (unpaired) electrons. The molecule has 1 unspecified atom stereocenters. The Hall–Kier alpha value is -3.59. The number of halogens is 2. The van der Waals surface area contributed by atoms with E-state index in [-0.39, 0.29) is 41.7 Å². The van der Waals surface area contributed by atoms with Gasteiger partial charge in [-0.25, -0.2) is 13.8 Å². The molecule has 174 valence electrons. The minimum absolute atomic E-state index is 0.0609. The Bertz CT molecular complexity index is 1230. The summed E-state index contributed by atoms with van der Waals surface area (Å²) in [6, 6.07) is 7.67. The number of amides is 1. The molecule has 9 heteroatoms. The van der Waals surface area contributed by atoms with Gasteiger partial charge < -0.3 is 15.2 Å². The third kappa shape index (κ3) is 5.43. The summed E-state index contributed by atoms with van der Waals surface area (Å²) in [5.41, 5.74) is 1.58. The van der Waals surface area contributed by atoms with E-state index in [2.05, 4.69) is 10.3 Å². The molecule has 0 aliphatic rings. The van der Waals surface area contributed by atoms with Crippen molar-refractivity contribution in [2.24, 2.45) is 0 Å². The topological polar surface area (TPSA) is 93.5 Å². The number of carbonyl (C=O) groups excluding carboxylic acids is 1. The van der Waals surface area contributed by atoms with Crippen molar-refractivity contribution in [3.63, 3.8) is 0 Å². The van der Waals surface area contributed by atoms with Crippen molar-refractivity contribution in [1.29, 1.82) is 0 Å². The van der Waals surface area contributed by atoms with Gasteiger partial charge in [-0.3, -0.25) is 14.2 Å². The van der Waals surface area contributed by atoms with E-state index in [1.54, 1.807) is 39.0 Å². The van der Waals surface area contributed by atoms with E-state index in [4.69, 9.17) is 9.84 Å². The van der Waals surface area contributed by atoms with Crippen LogP contribution in [-0.4, -0.2) is 33.2 Å². The summed E-state index contributed by atoms with van der Waals surface area (Å²) in [6.07, 6.45) is 1.60. The number of aryl methyl sites for hydroxylation is 1. The quantitative estimate of drug-likeness (QED) is 0.542. The maximum absolute atomic E-state index is 13.9. The highest BCUT2D eigenvalue weighted by Gasteiger charge is 2.17. The molecule has 1 amide bonds. The van der Waals surface area contributed by atoms with Gasteiger partial charge in [-0.2, -0.15) is 0 Å². The van der Waals surface area contributed by atoms with E-state index < -0.39 is 17.7 Å². The van der Waals surface area contributed by atoms with Gasteiger partial charge in [0.25, 0.3) is 11.5 Å². The second-order valence-electron chi connectivity index (χ2n) is 7.64. The van der Waals surface area contributed by atoms with Crippen LogP contribution in [0.3, 0.4) is 0 Å². The minimum atomic E-state index is -0.748. The molecular weight excluding hydrogens is 432 g/mol. The number of ether oxygens (including phenoxy) is 1. The number of aliphatic hydroxyl groups excluding tert-OH is 1. The fourth-order valence-electron chi connectivity index (χ4n) is 3.22. The fourth-order valence-corrected chi connectivity index (χ4v) is 3.22. The van der Waals surface area contributed by atoms with E-state index in [0.717, 1.165) is 17.7 Å². The smallest absolute Gasteiger partial charge is 0.264 e. The molecule has 0 saturated carbocycles. The first-order chi connectivity index (χ1) is 15.7. The number of benzene rings is 2. The van der Waals surface area contributed by atoms with E-state index in [1.807, 2.05) is 0 Å². The van der Waals surface area contributed by atoms with Gasteiger partial charge in [0.15, 0.2) is 0 Å². The van der Waals surface area contributed by atoms with Crippen LogP contribution in [0.2, 0.25) is 0 Å². The van der Waals surface area contributed by atoms with Crippen molar-refractivity contribution in [3.05, 3.63) is 87.0 Å². The lowest BCUT2D eigenvalue weighted by Gasteiger charge is -2.15. The number of nitrogens with one attached hydrogen (secondary N) is 1. The Morgan fingerprint density at radius 3 is 2.67 bits per heavy atom. The van der Waals surface area contributed by atoms with Crippen LogP contribution >= 0.6 is 0 Å². The van der Waals surface area contributed by atoms with Gasteiger partial charge in [0.2, 0.25) is 5.88 Å². The third-order valence-corrected chi connectivity index (χ3v) is 5.14. The van der Waals surface area contributed by atoms with Gasteiger partial charge in [-0.1, -0.05) is 13.0 Å². The van der Waals surface area contributed by atoms with Gasteiger partial charge in [-0.05, 0) is 50.1 Å². The lowest BCUT2D eigenvalue weighted by molar-refractivity contribution is 0.0922. The number of aromatic nitrogens is 2. The summed E-state index contributed by atoms with van der Waals surface area (Å²) in [6.45, 7) is 4.82. The first-order valence-electron chi connectivity index (χ1n) is 10.4. The number of rotatable bonds is 8. The molecule has 2 aromatic carbocycles. The van der Waals surface area contributed by atoms with E-state index in [1.165, 1.54) is 17.0 Å². The Labute approximate surface area is 189 Å². The summed E-state index contributed by atoms with van der Waals surface area (Å²) >= 11 is 0. The molecule has 33 heavy (non-hydrogen) atoms. The monoisotopic (exact) mass is 457 g/mol. The summed E-state index contributed by atoms with van der Waals surface area (Å²) in [4.78, 5) is 29.9. The second kappa shape index (κ2) is 10.4. The first kappa shape index (κ1) is 24.1. The normalized spacial score (nSPS) is 11.8. The molecule has 0 spiro atoms. The molecule has 7 nitrogen and oxygen atoms in total. The lowest BCUT2D eigenvalue weighted by atomic mass is 10.1. The van der Waals surface area contributed by atoms with E-state index in [0.29, 0.717) is 17.7 Å². The standard InChI is InChI=1S/C24H25F2N3O4/c1-4-19-23(33-12-17-7-8-18(25)10-20(17)26)27-13-29(24(19)32)21-9-16(6-5-14(21)2)22(31)28-15(3)11-30/h5-10,13,15,30H,4,11-12H2,1-3H3,(H,28,31). The fraction of sp³-hybridized carbons (Fsp3) is 0.292. The summed E-state index contributed by atoms with van der Waals surface area (Å²) in [5.74, 6) is -1.76. The van der Waals surface area contributed by atoms with Crippen molar-refractivity contribution >= 4 is 5.91 Å². The van der Waals surface area contributed by atoms with Gasteiger partial charge >= 0.3 is 0 Å². The first-order valence-corrected chi connectivity index (χ1v) is 10.4. The molecule has 1 atom stereocenters. The summed E-state index contributed by atoms with van der Waals surface area (Å²) in [7, 11) is 0. The van der Waals surface area contributed by atoms with Crippen LogP contribution in [0.25, 0.3) is 5.69 Å². The SMILES string of the molecule is CCc1c(OCc2ccc(F)cc2F)ncn(-c2cc(C(=O)NC(C)CO)ccc2C)c1=O. The average molecular weight is 457 g/mol. The number of aliphatic hydroxyl groups is 1. The van der Waals surface area contributed by atoms with Crippen LogP contribution < -0.4 is 15.6 Å². The average Bonchev–Trinajstić information content (AvgIpc) is 2.79. The van der Waals surface area contributed by atoms with E-state index in [9.17, 15) is 18.4 Å². The molecule has 2 N–H and O–H groups in total. The molecule has 3 rings (SSSR count). The van der Waals surface area contributed by atoms with Gasteiger partial charge in [0.05, 0.1) is 17.9 Å². The van der Waals surface area contributed by atoms with Crippen LogP contribution in [0.5, 0.6) is 5.88 Å². The number of nitrogens with zero attached hydrogens (tertiary/aromatic N) is 2. The van der Waals surface area contributed by atoms with Crippen LogP contribution in [0.15, 0.2) is 47.5 Å². The Morgan fingerprint density at radius 2 is 2.00 bits per heavy atom. The highest BCUT2D eigenvalue weighted by atomic mass is 19.1. The Morgan fingerprint density at radius 1 is 1.24 bits per heavy atom. The van der Waals surface area contributed by atoms with Gasteiger partial charge in [-0.15, -0.1) is 0 Å². The maximum atomic E-state index is 13.9. The number of hydrogen-bond acceptors (Lipinski definition) is 5. The molecule has 1 aromatic heterocycles. The molecule has 0 saturated heterocycles. The lowest BCUT2D eigenvalue weighted by Crippen LogP contribution is -2.35. The van der Waals surface area contributed by atoms with Crippen LogP contribution in [-0.2, 0) is 13.0 Å². The van der Waals surface area contributed by atoms with Gasteiger partial charge in [0, 0.05) is 23.2 Å². The highest BCUT2D eigenvalue weighted by molar-refractivity contribution is 5.95. The van der Waals surface area contributed by atoms with Crippen LogP contribution in [0, 0.1) is 18.6 Å². The largest absolute Gasteiger partial charge is 0.472 e. The van der Waals surface area contributed by atoms with Crippen molar-refractivity contribution < 1.29 is 23.4 Å². The predicted octanol–water partition coefficient (Wildman–Crippen LogP) is 3.07. The zero-order valence-corrected chi connectivity index (χ0v) is 18.6. The van der Waals surface area contributed by atoms with Gasteiger partial charge in [0.1, 0.15) is 24.6 Å². The van der Waals surface area contributed by atoms with Crippen LogP contribution in [0.1, 0.15) is 40.9 Å². The maximum Gasteiger partial charge on any atom is 0.264 e. The van der Waals surface area contributed by atoms with Crippen molar-refractivity contribution in [1.82, 2.24) is 14.9 Å². The minimum Gasteiger partial charge on any atom is -0.472 e. The summed E-state index contributed by atoms with van der Waals surface area (Å²) < 4.78 is 33.9. The molecule has 0 bridgehead atoms. The molecular formula is C24H25F2N3O4. The molecule has 3 aromatic rings. The number of carbonyl (C=O) groups is 1. The predicted molar refractivity (Wildman–Crippen MR) is 119 cm³/mol.